The SMILES string of the molecule is OCCCC=NNc1cccc(Br)c1. The van der Waals surface area contributed by atoms with Gasteiger partial charge in [0, 0.05) is 17.3 Å². The fourth-order valence-electron chi connectivity index (χ4n) is 0.925. The number of hydrazone groups is 1. The minimum atomic E-state index is 0.211. The Balaban J connectivity index is 2.34. The van der Waals surface area contributed by atoms with E-state index in [1.807, 2.05) is 24.3 Å². The summed E-state index contributed by atoms with van der Waals surface area (Å²) in [4.78, 5) is 0. The largest absolute Gasteiger partial charge is 0.396 e. The number of nitrogens with zero attached hydrogens (tertiary/aromatic N) is 1. The van der Waals surface area contributed by atoms with E-state index >= 15 is 0 Å². The van der Waals surface area contributed by atoms with Crippen LogP contribution in [0.4, 0.5) is 5.69 Å². The zero-order chi connectivity index (χ0) is 10.2. The predicted molar refractivity (Wildman–Crippen MR) is 62.6 cm³/mol. The van der Waals surface area contributed by atoms with Gasteiger partial charge in [-0.1, -0.05) is 22.0 Å². The van der Waals surface area contributed by atoms with E-state index < -0.39 is 0 Å². The number of anilines is 1. The Hall–Kier alpha value is -0.870. The highest BCUT2D eigenvalue weighted by atomic mass is 79.9. The van der Waals surface area contributed by atoms with E-state index in [-0.39, 0.29) is 6.61 Å². The second kappa shape index (κ2) is 6.56. The van der Waals surface area contributed by atoms with Crippen LogP contribution in [0.15, 0.2) is 33.8 Å². The molecule has 1 aromatic carbocycles. The lowest BCUT2D eigenvalue weighted by Crippen LogP contribution is -1.90. The summed E-state index contributed by atoms with van der Waals surface area (Å²) >= 11 is 3.37. The lowest BCUT2D eigenvalue weighted by molar-refractivity contribution is 0.291. The van der Waals surface area contributed by atoms with E-state index in [1.54, 1.807) is 6.21 Å². The molecule has 1 aromatic rings. The molecule has 0 heterocycles. The Morgan fingerprint density at radius 2 is 2.36 bits per heavy atom. The lowest BCUT2D eigenvalue weighted by Gasteiger charge is -1.99. The van der Waals surface area contributed by atoms with Crippen molar-refractivity contribution >= 4 is 27.8 Å². The van der Waals surface area contributed by atoms with Crippen molar-refractivity contribution < 1.29 is 5.11 Å². The van der Waals surface area contributed by atoms with Gasteiger partial charge in [0.2, 0.25) is 0 Å². The molecule has 0 aliphatic carbocycles. The molecule has 0 fully saturated rings. The molecular formula is C10H13BrN2O. The minimum absolute atomic E-state index is 0.211. The van der Waals surface area contributed by atoms with Gasteiger partial charge in [0.25, 0.3) is 0 Å². The normalized spacial score (nSPS) is 10.7. The molecule has 2 N–H and O–H groups in total. The van der Waals surface area contributed by atoms with Gasteiger partial charge in [0.05, 0.1) is 5.69 Å². The number of unbranched alkanes of at least 4 members (excludes halogenated alkanes) is 1. The van der Waals surface area contributed by atoms with E-state index in [0.29, 0.717) is 0 Å². The monoisotopic (exact) mass is 256 g/mol. The molecule has 4 heteroatoms. The highest BCUT2D eigenvalue weighted by Crippen LogP contribution is 2.15. The Bertz CT molecular complexity index is 302. The number of rotatable bonds is 5. The Morgan fingerprint density at radius 1 is 1.50 bits per heavy atom. The van der Waals surface area contributed by atoms with Crippen molar-refractivity contribution in [1.29, 1.82) is 0 Å². The molecule has 14 heavy (non-hydrogen) atoms. The highest BCUT2D eigenvalue weighted by Gasteiger charge is 1.89. The second-order valence-electron chi connectivity index (χ2n) is 2.80. The van der Waals surface area contributed by atoms with Gasteiger partial charge in [0.1, 0.15) is 0 Å². The highest BCUT2D eigenvalue weighted by molar-refractivity contribution is 9.10. The van der Waals surface area contributed by atoms with Gasteiger partial charge >= 0.3 is 0 Å². The molecule has 0 spiro atoms. The first-order valence-electron chi connectivity index (χ1n) is 4.47. The van der Waals surface area contributed by atoms with Gasteiger partial charge < -0.3 is 5.11 Å². The summed E-state index contributed by atoms with van der Waals surface area (Å²) in [7, 11) is 0. The van der Waals surface area contributed by atoms with E-state index in [2.05, 4.69) is 26.5 Å². The van der Waals surface area contributed by atoms with Crippen LogP contribution in [0.5, 0.6) is 0 Å². The van der Waals surface area contributed by atoms with Crippen LogP contribution in [-0.2, 0) is 0 Å². The van der Waals surface area contributed by atoms with Crippen LogP contribution in [0.2, 0.25) is 0 Å². The van der Waals surface area contributed by atoms with Crippen molar-refractivity contribution in [2.45, 2.75) is 12.8 Å². The zero-order valence-electron chi connectivity index (χ0n) is 7.78. The Labute approximate surface area is 92.0 Å². The zero-order valence-corrected chi connectivity index (χ0v) is 9.37. The first kappa shape index (κ1) is 11.2. The summed E-state index contributed by atoms with van der Waals surface area (Å²) in [5.74, 6) is 0. The number of benzene rings is 1. The summed E-state index contributed by atoms with van der Waals surface area (Å²) in [5, 5.41) is 12.5. The van der Waals surface area contributed by atoms with Crippen molar-refractivity contribution in [3.05, 3.63) is 28.7 Å². The summed E-state index contributed by atoms with van der Waals surface area (Å²) in [5.41, 5.74) is 3.85. The average molecular weight is 257 g/mol. The Kier molecular flexibility index (Phi) is 5.25. The first-order chi connectivity index (χ1) is 6.83. The van der Waals surface area contributed by atoms with Crippen molar-refractivity contribution in [2.75, 3.05) is 12.0 Å². The van der Waals surface area contributed by atoms with E-state index in [4.69, 9.17) is 5.11 Å². The summed E-state index contributed by atoms with van der Waals surface area (Å²) < 4.78 is 1.02. The molecule has 76 valence electrons. The topological polar surface area (TPSA) is 44.6 Å². The van der Waals surface area contributed by atoms with Crippen molar-refractivity contribution in [1.82, 2.24) is 0 Å². The third-order valence-corrected chi connectivity index (χ3v) is 2.09. The molecule has 0 bridgehead atoms. The molecule has 0 aliphatic heterocycles. The number of aliphatic hydroxyl groups is 1. The summed E-state index contributed by atoms with van der Waals surface area (Å²) in [6.07, 6.45) is 3.30. The quantitative estimate of drug-likeness (QED) is 0.484. The van der Waals surface area contributed by atoms with Gasteiger partial charge in [-0.3, -0.25) is 5.43 Å². The minimum Gasteiger partial charge on any atom is -0.396 e. The third kappa shape index (κ3) is 4.39. The molecule has 0 saturated carbocycles. The van der Waals surface area contributed by atoms with Crippen LogP contribution < -0.4 is 5.43 Å². The number of hydrogen-bond donors (Lipinski definition) is 2. The molecule has 3 nitrogen and oxygen atoms in total. The fourth-order valence-corrected chi connectivity index (χ4v) is 1.32. The molecule has 0 atom stereocenters. The molecule has 0 aliphatic rings. The van der Waals surface area contributed by atoms with E-state index in [1.165, 1.54) is 0 Å². The van der Waals surface area contributed by atoms with Gasteiger partial charge in [-0.25, -0.2) is 0 Å². The predicted octanol–water partition coefficient (Wildman–Crippen LogP) is 2.62. The molecule has 0 radical (unpaired) electrons. The van der Waals surface area contributed by atoms with Crippen LogP contribution >= 0.6 is 15.9 Å². The van der Waals surface area contributed by atoms with Crippen molar-refractivity contribution in [2.24, 2.45) is 5.10 Å². The Morgan fingerprint density at radius 3 is 3.07 bits per heavy atom. The van der Waals surface area contributed by atoms with Gasteiger partial charge in [0.15, 0.2) is 0 Å². The number of halogens is 1. The van der Waals surface area contributed by atoms with Gasteiger partial charge in [-0.15, -0.1) is 0 Å². The van der Waals surface area contributed by atoms with Crippen molar-refractivity contribution in [3.63, 3.8) is 0 Å². The van der Waals surface area contributed by atoms with E-state index in [9.17, 15) is 0 Å². The average Bonchev–Trinajstić information content (AvgIpc) is 2.18. The molecule has 1 rings (SSSR count). The van der Waals surface area contributed by atoms with Crippen LogP contribution in [0.1, 0.15) is 12.8 Å². The van der Waals surface area contributed by atoms with Crippen LogP contribution in [0, 0.1) is 0 Å². The maximum Gasteiger partial charge on any atom is 0.0572 e. The lowest BCUT2D eigenvalue weighted by atomic mass is 10.3. The van der Waals surface area contributed by atoms with Crippen molar-refractivity contribution in [3.8, 4) is 0 Å². The van der Waals surface area contributed by atoms with E-state index in [0.717, 1.165) is 23.0 Å². The fraction of sp³-hybridized carbons (Fsp3) is 0.300. The third-order valence-electron chi connectivity index (χ3n) is 1.60. The summed E-state index contributed by atoms with van der Waals surface area (Å²) in [6.45, 7) is 0.211. The molecule has 0 unspecified atom stereocenters. The number of aliphatic hydroxyl groups excluding tert-OH is 1. The van der Waals surface area contributed by atoms with Crippen LogP contribution in [0.3, 0.4) is 0 Å². The molecule has 0 amide bonds. The van der Waals surface area contributed by atoms with Crippen LogP contribution in [0.25, 0.3) is 0 Å². The maximum atomic E-state index is 8.53. The molecular weight excluding hydrogens is 244 g/mol. The van der Waals surface area contributed by atoms with Gasteiger partial charge in [-0.2, -0.15) is 5.10 Å². The number of hydrogen-bond acceptors (Lipinski definition) is 3. The van der Waals surface area contributed by atoms with Crippen LogP contribution in [-0.4, -0.2) is 17.9 Å². The first-order valence-corrected chi connectivity index (χ1v) is 5.26. The maximum absolute atomic E-state index is 8.53. The second-order valence-corrected chi connectivity index (χ2v) is 3.72. The number of nitrogens with one attached hydrogen (secondary N) is 1. The molecule has 0 aromatic heterocycles. The standard InChI is InChI=1S/C10H13BrN2O/c11-9-4-3-5-10(8-9)13-12-6-1-2-7-14/h3-6,8,13-14H,1-2,7H2. The molecule has 0 saturated heterocycles. The van der Waals surface area contributed by atoms with Gasteiger partial charge in [-0.05, 0) is 31.0 Å². The summed E-state index contributed by atoms with van der Waals surface area (Å²) in [6, 6.07) is 7.79. The smallest absolute Gasteiger partial charge is 0.0572 e.